The van der Waals surface area contributed by atoms with Crippen LogP contribution in [0.2, 0.25) is 0 Å². The van der Waals surface area contributed by atoms with Crippen molar-refractivity contribution >= 4 is 35.9 Å². The van der Waals surface area contributed by atoms with E-state index in [9.17, 15) is 9.90 Å². The van der Waals surface area contributed by atoms with Crippen molar-refractivity contribution in [3.63, 3.8) is 0 Å². The van der Waals surface area contributed by atoms with E-state index in [2.05, 4.69) is 20.7 Å². The number of aliphatic imine (C=N–C) groups is 1. The van der Waals surface area contributed by atoms with Crippen LogP contribution < -0.4 is 10.6 Å². The Hall–Kier alpha value is -1.36. The molecule has 8 nitrogen and oxygen atoms in total. The topological polar surface area (TPSA) is 101 Å². The van der Waals surface area contributed by atoms with Crippen LogP contribution in [0.4, 0.5) is 0 Å². The highest BCUT2D eigenvalue weighted by molar-refractivity contribution is 14.0. The minimum absolute atomic E-state index is 0. The first kappa shape index (κ1) is 23.6. The van der Waals surface area contributed by atoms with Crippen molar-refractivity contribution in [2.24, 2.45) is 12.0 Å². The monoisotopic (exact) mass is 467 g/mol. The predicted octanol–water partition coefficient (Wildman–Crippen LogP) is 1.14. The largest absolute Gasteiger partial charge is 0.459 e. The number of guanidine groups is 1. The van der Waals surface area contributed by atoms with E-state index in [1.807, 2.05) is 27.7 Å². The lowest BCUT2D eigenvalue weighted by Gasteiger charge is -2.24. The molecule has 144 valence electrons. The molecule has 0 saturated heterocycles. The van der Waals surface area contributed by atoms with Gasteiger partial charge in [0.15, 0.2) is 5.96 Å². The second-order valence-corrected chi connectivity index (χ2v) is 6.81. The SMILES string of the molecule is CCNC(=NCC(=O)OC(C)(C)C)NCC(C)(O)c1cnn(C)c1.I. The van der Waals surface area contributed by atoms with E-state index in [0.717, 1.165) is 0 Å². The summed E-state index contributed by atoms with van der Waals surface area (Å²) in [5.41, 5.74) is -0.959. The number of carbonyl (C=O) groups is 1. The number of esters is 1. The van der Waals surface area contributed by atoms with Gasteiger partial charge in [-0.15, -0.1) is 24.0 Å². The van der Waals surface area contributed by atoms with Crippen molar-refractivity contribution in [2.45, 2.75) is 45.8 Å². The molecule has 0 bridgehead atoms. The van der Waals surface area contributed by atoms with Crippen molar-refractivity contribution < 1.29 is 14.6 Å². The van der Waals surface area contributed by atoms with Crippen molar-refractivity contribution in [2.75, 3.05) is 19.6 Å². The quantitative estimate of drug-likeness (QED) is 0.251. The molecule has 25 heavy (non-hydrogen) atoms. The fourth-order valence-electron chi connectivity index (χ4n) is 1.92. The number of nitrogens with one attached hydrogen (secondary N) is 2. The van der Waals surface area contributed by atoms with E-state index in [-0.39, 0.29) is 37.1 Å². The fraction of sp³-hybridized carbons (Fsp3) is 0.688. The molecule has 1 atom stereocenters. The Bertz CT molecular complexity index is 579. The fourth-order valence-corrected chi connectivity index (χ4v) is 1.92. The molecule has 0 spiro atoms. The van der Waals surface area contributed by atoms with Gasteiger partial charge >= 0.3 is 5.97 Å². The molecule has 1 aromatic heterocycles. The van der Waals surface area contributed by atoms with E-state index in [4.69, 9.17) is 4.74 Å². The standard InChI is InChI=1S/C16H29N5O3.HI/c1-7-17-14(18-9-13(22)24-15(2,3)4)19-11-16(5,23)12-8-20-21(6)10-12;/h8,10,23H,7,9,11H2,1-6H3,(H2,17,18,19);1H. The van der Waals surface area contributed by atoms with Crippen LogP contribution in [-0.4, -0.2) is 52.1 Å². The average Bonchev–Trinajstić information content (AvgIpc) is 2.87. The normalized spacial score (nSPS) is 14.3. The molecule has 9 heteroatoms. The molecule has 0 aliphatic carbocycles. The van der Waals surface area contributed by atoms with E-state index in [0.29, 0.717) is 18.1 Å². The van der Waals surface area contributed by atoms with Crippen LogP contribution in [0.1, 0.15) is 40.2 Å². The number of hydrogen-bond acceptors (Lipinski definition) is 5. The number of hydrogen-bond donors (Lipinski definition) is 3. The van der Waals surface area contributed by atoms with Crippen molar-refractivity contribution in [1.82, 2.24) is 20.4 Å². The number of aryl methyl sites for hydroxylation is 1. The summed E-state index contributed by atoms with van der Waals surface area (Å²) in [7, 11) is 1.79. The van der Waals surface area contributed by atoms with Crippen LogP contribution in [0.5, 0.6) is 0 Å². The summed E-state index contributed by atoms with van der Waals surface area (Å²) >= 11 is 0. The zero-order valence-electron chi connectivity index (χ0n) is 15.8. The summed E-state index contributed by atoms with van der Waals surface area (Å²) < 4.78 is 6.85. The molecule has 0 fully saturated rings. The second-order valence-electron chi connectivity index (χ2n) is 6.81. The third-order valence-electron chi connectivity index (χ3n) is 3.06. The molecule has 1 aromatic rings. The van der Waals surface area contributed by atoms with E-state index < -0.39 is 17.2 Å². The maximum atomic E-state index is 11.7. The molecule has 1 unspecified atom stereocenters. The third-order valence-corrected chi connectivity index (χ3v) is 3.06. The predicted molar refractivity (Wildman–Crippen MR) is 108 cm³/mol. The van der Waals surface area contributed by atoms with Gasteiger partial charge in [-0.05, 0) is 34.6 Å². The van der Waals surface area contributed by atoms with Crippen molar-refractivity contribution in [3.05, 3.63) is 18.0 Å². The lowest BCUT2D eigenvalue weighted by atomic mass is 10.00. The molecular weight excluding hydrogens is 437 g/mol. The Morgan fingerprint density at radius 3 is 2.48 bits per heavy atom. The Balaban J connectivity index is 0.00000576. The molecule has 0 aromatic carbocycles. The van der Waals surface area contributed by atoms with Gasteiger partial charge in [-0.1, -0.05) is 0 Å². The highest BCUT2D eigenvalue weighted by Gasteiger charge is 2.25. The third kappa shape index (κ3) is 9.05. The van der Waals surface area contributed by atoms with Crippen LogP contribution in [0.3, 0.4) is 0 Å². The van der Waals surface area contributed by atoms with E-state index in [1.165, 1.54) is 0 Å². The number of rotatable bonds is 6. The summed E-state index contributed by atoms with van der Waals surface area (Å²) in [6.45, 7) is 9.80. The highest BCUT2D eigenvalue weighted by atomic mass is 127. The first-order valence-electron chi connectivity index (χ1n) is 7.99. The van der Waals surface area contributed by atoms with Crippen LogP contribution in [-0.2, 0) is 22.2 Å². The van der Waals surface area contributed by atoms with Gasteiger partial charge in [0, 0.05) is 25.4 Å². The summed E-state index contributed by atoms with van der Waals surface area (Å²) in [5, 5.41) is 20.7. The van der Waals surface area contributed by atoms with Crippen LogP contribution in [0.25, 0.3) is 0 Å². The number of aromatic nitrogens is 2. The van der Waals surface area contributed by atoms with Crippen LogP contribution in [0.15, 0.2) is 17.4 Å². The highest BCUT2D eigenvalue weighted by Crippen LogP contribution is 2.18. The summed E-state index contributed by atoms with van der Waals surface area (Å²) in [6, 6.07) is 0. The van der Waals surface area contributed by atoms with Gasteiger partial charge in [0.05, 0.1) is 12.7 Å². The molecule has 1 rings (SSSR count). The smallest absolute Gasteiger partial charge is 0.328 e. The van der Waals surface area contributed by atoms with E-state index >= 15 is 0 Å². The van der Waals surface area contributed by atoms with Gasteiger partial charge in [-0.2, -0.15) is 5.10 Å². The Morgan fingerprint density at radius 2 is 2.00 bits per heavy atom. The van der Waals surface area contributed by atoms with E-state index in [1.54, 1.807) is 31.0 Å². The number of nitrogens with zero attached hydrogens (tertiary/aromatic N) is 3. The number of aliphatic hydroxyl groups is 1. The number of halogens is 1. The molecule has 1 heterocycles. The number of ether oxygens (including phenoxy) is 1. The maximum absolute atomic E-state index is 11.7. The molecule has 0 aliphatic heterocycles. The zero-order chi connectivity index (χ0) is 18.4. The van der Waals surface area contributed by atoms with Gasteiger partial charge in [0.2, 0.25) is 0 Å². The lowest BCUT2D eigenvalue weighted by Crippen LogP contribution is -2.44. The Labute approximate surface area is 166 Å². The molecule has 0 aliphatic rings. The first-order chi connectivity index (χ1) is 11.0. The summed E-state index contributed by atoms with van der Waals surface area (Å²) in [5.74, 6) is 0.0336. The molecule has 0 radical (unpaired) electrons. The van der Waals surface area contributed by atoms with Gasteiger partial charge < -0.3 is 20.5 Å². The van der Waals surface area contributed by atoms with Crippen molar-refractivity contribution in [1.29, 1.82) is 0 Å². The molecular formula is C16H30IN5O3. The molecule has 0 saturated carbocycles. The summed E-state index contributed by atoms with van der Waals surface area (Å²) in [4.78, 5) is 15.9. The van der Waals surface area contributed by atoms with Crippen LogP contribution in [0, 0.1) is 0 Å². The average molecular weight is 467 g/mol. The maximum Gasteiger partial charge on any atom is 0.328 e. The van der Waals surface area contributed by atoms with Gasteiger partial charge in [-0.3, -0.25) is 9.48 Å². The molecule has 0 amide bonds. The molecule has 3 N–H and O–H groups in total. The Morgan fingerprint density at radius 1 is 1.36 bits per heavy atom. The first-order valence-corrected chi connectivity index (χ1v) is 7.99. The second kappa shape index (κ2) is 9.95. The minimum Gasteiger partial charge on any atom is -0.459 e. The van der Waals surface area contributed by atoms with Gasteiger partial charge in [-0.25, -0.2) is 4.99 Å². The Kier molecular flexibility index (Phi) is 9.41. The van der Waals surface area contributed by atoms with Crippen molar-refractivity contribution in [3.8, 4) is 0 Å². The number of carbonyl (C=O) groups excluding carboxylic acids is 1. The summed E-state index contributed by atoms with van der Waals surface area (Å²) in [6.07, 6.45) is 3.37. The van der Waals surface area contributed by atoms with Gasteiger partial charge in [0.25, 0.3) is 0 Å². The van der Waals surface area contributed by atoms with Gasteiger partial charge in [0.1, 0.15) is 17.7 Å². The minimum atomic E-state index is -1.11. The lowest BCUT2D eigenvalue weighted by molar-refractivity contribution is -0.152. The zero-order valence-corrected chi connectivity index (χ0v) is 18.1. The van der Waals surface area contributed by atoms with Crippen LogP contribution >= 0.6 is 24.0 Å².